The molecule has 0 aromatic carbocycles. The van der Waals surface area contributed by atoms with Gasteiger partial charge in [-0.2, -0.15) is 0 Å². The fourth-order valence-electron chi connectivity index (χ4n) is 4.09. The van der Waals surface area contributed by atoms with Crippen LogP contribution in [-0.4, -0.2) is 28.6 Å². The molecule has 6 heteroatoms. The highest BCUT2D eigenvalue weighted by molar-refractivity contribution is 7.51. The van der Waals surface area contributed by atoms with Gasteiger partial charge in [-0.1, -0.05) is 128 Å². The molecule has 184 valence electrons. The van der Waals surface area contributed by atoms with E-state index in [1.807, 2.05) is 0 Å². The molecule has 0 atom stereocenters. The standard InChI is InChI=1S/C25H50NO4P/c27-25-26-23-21-19-17-15-13-11-9-7-5-3-1-2-4-6-8-10-12-14-16-18-20-22-24-31(28,29)30/h1-24H2,(H2,28,29,30). The predicted molar refractivity (Wildman–Crippen MR) is 131 cm³/mol. The zero-order valence-electron chi connectivity index (χ0n) is 20.1. The molecule has 0 unspecified atom stereocenters. The first-order valence-corrected chi connectivity index (χ1v) is 14.9. The molecule has 0 saturated heterocycles. The lowest BCUT2D eigenvalue weighted by molar-refractivity contribution is 0.370. The Balaban J connectivity index is 3.05. The Labute approximate surface area is 192 Å². The van der Waals surface area contributed by atoms with E-state index in [2.05, 4.69) is 4.99 Å². The summed E-state index contributed by atoms with van der Waals surface area (Å²) in [5.41, 5.74) is 0. The Morgan fingerprint density at radius 2 is 0.742 bits per heavy atom. The highest BCUT2D eigenvalue weighted by Gasteiger charge is 2.10. The molecular weight excluding hydrogens is 409 g/mol. The van der Waals surface area contributed by atoms with Crippen molar-refractivity contribution in [2.75, 3.05) is 12.7 Å². The summed E-state index contributed by atoms with van der Waals surface area (Å²) in [5, 5.41) is 0. The van der Waals surface area contributed by atoms with Gasteiger partial charge in [-0.25, -0.2) is 9.79 Å². The minimum atomic E-state index is -3.77. The van der Waals surface area contributed by atoms with Gasteiger partial charge in [0.15, 0.2) is 0 Å². The van der Waals surface area contributed by atoms with Gasteiger partial charge in [-0.15, -0.1) is 0 Å². The van der Waals surface area contributed by atoms with Crippen LogP contribution in [0.3, 0.4) is 0 Å². The molecule has 0 aliphatic carbocycles. The third kappa shape index (κ3) is 29.5. The summed E-state index contributed by atoms with van der Waals surface area (Å²) < 4.78 is 10.7. The monoisotopic (exact) mass is 459 g/mol. The molecule has 0 saturated carbocycles. The van der Waals surface area contributed by atoms with E-state index >= 15 is 0 Å². The lowest BCUT2D eigenvalue weighted by atomic mass is 10.0. The zero-order chi connectivity index (χ0) is 22.9. The molecule has 0 aromatic heterocycles. The molecule has 2 N–H and O–H groups in total. The van der Waals surface area contributed by atoms with Crippen LogP contribution in [-0.2, 0) is 9.36 Å². The highest BCUT2D eigenvalue weighted by atomic mass is 31.2. The second-order valence-corrected chi connectivity index (χ2v) is 10.9. The summed E-state index contributed by atoms with van der Waals surface area (Å²) in [6.07, 6.45) is 29.6. The van der Waals surface area contributed by atoms with E-state index in [1.54, 1.807) is 6.08 Å². The van der Waals surface area contributed by atoms with Crippen LogP contribution in [0.15, 0.2) is 4.99 Å². The normalized spacial score (nSPS) is 11.5. The number of hydrogen-bond donors (Lipinski definition) is 2. The van der Waals surface area contributed by atoms with E-state index in [-0.39, 0.29) is 6.16 Å². The summed E-state index contributed by atoms with van der Waals surface area (Å²) in [7, 11) is -3.77. The fourth-order valence-corrected chi connectivity index (χ4v) is 4.73. The van der Waals surface area contributed by atoms with Crippen LogP contribution in [0, 0.1) is 0 Å². The minimum absolute atomic E-state index is 0.0511. The molecule has 0 aliphatic heterocycles. The summed E-state index contributed by atoms with van der Waals surface area (Å²) in [5.74, 6) is 0. The third-order valence-corrected chi connectivity index (χ3v) is 6.93. The van der Waals surface area contributed by atoms with Crippen molar-refractivity contribution in [1.29, 1.82) is 0 Å². The average molecular weight is 460 g/mol. The SMILES string of the molecule is O=C=NCCCCCCCCCCCCCCCCCCCCCCCCP(=O)(O)O. The van der Waals surface area contributed by atoms with Gasteiger partial charge in [0.1, 0.15) is 0 Å². The molecule has 0 spiro atoms. The Hall–Kier alpha value is -0.470. The molecule has 0 aromatic rings. The van der Waals surface area contributed by atoms with Crippen LogP contribution in [0.25, 0.3) is 0 Å². The Bertz CT molecular complexity index is 460. The molecule has 0 amide bonds. The number of rotatable bonds is 25. The van der Waals surface area contributed by atoms with Gasteiger partial charge in [0.05, 0.1) is 6.54 Å². The maximum Gasteiger partial charge on any atom is 0.325 e. The van der Waals surface area contributed by atoms with E-state index in [9.17, 15) is 9.36 Å². The molecular formula is C25H50NO4P. The lowest BCUT2D eigenvalue weighted by Gasteiger charge is -2.05. The summed E-state index contributed by atoms with van der Waals surface area (Å²) >= 11 is 0. The largest absolute Gasteiger partial charge is 0.325 e. The Morgan fingerprint density at radius 1 is 0.484 bits per heavy atom. The predicted octanol–water partition coefficient (Wildman–Crippen LogP) is 8.08. The van der Waals surface area contributed by atoms with Crippen molar-refractivity contribution in [3.8, 4) is 0 Å². The van der Waals surface area contributed by atoms with E-state index in [0.717, 1.165) is 19.3 Å². The first-order valence-electron chi connectivity index (χ1n) is 13.1. The van der Waals surface area contributed by atoms with E-state index in [1.165, 1.54) is 116 Å². The molecule has 0 radical (unpaired) electrons. The van der Waals surface area contributed by atoms with E-state index in [4.69, 9.17) is 9.79 Å². The second kappa shape index (κ2) is 24.2. The van der Waals surface area contributed by atoms with Crippen molar-refractivity contribution in [1.82, 2.24) is 0 Å². The number of isocyanates is 1. The van der Waals surface area contributed by atoms with Gasteiger partial charge < -0.3 is 9.79 Å². The third-order valence-electron chi connectivity index (χ3n) is 6.03. The highest BCUT2D eigenvalue weighted by Crippen LogP contribution is 2.35. The summed E-state index contributed by atoms with van der Waals surface area (Å²) in [6.45, 7) is 0.650. The van der Waals surface area contributed by atoms with Crippen LogP contribution in [0.2, 0.25) is 0 Å². The van der Waals surface area contributed by atoms with Gasteiger partial charge in [0.25, 0.3) is 0 Å². The van der Waals surface area contributed by atoms with Gasteiger partial charge in [0.2, 0.25) is 6.08 Å². The lowest BCUT2D eigenvalue weighted by Crippen LogP contribution is -1.88. The maximum atomic E-state index is 10.7. The number of aliphatic imine (C=N–C) groups is 1. The molecule has 31 heavy (non-hydrogen) atoms. The van der Waals surface area contributed by atoms with Crippen molar-refractivity contribution < 1.29 is 19.1 Å². The maximum absolute atomic E-state index is 10.7. The summed E-state index contributed by atoms with van der Waals surface area (Å²) in [6, 6.07) is 0. The Morgan fingerprint density at radius 3 is 1.00 bits per heavy atom. The smallest absolute Gasteiger partial charge is 0.324 e. The molecule has 0 fully saturated rings. The van der Waals surface area contributed by atoms with Gasteiger partial charge in [-0.05, 0) is 12.8 Å². The van der Waals surface area contributed by atoms with Crippen molar-refractivity contribution in [2.24, 2.45) is 4.99 Å². The number of nitrogens with zero attached hydrogens (tertiary/aromatic N) is 1. The van der Waals surface area contributed by atoms with Crippen molar-refractivity contribution >= 4 is 13.7 Å². The topological polar surface area (TPSA) is 87.0 Å². The van der Waals surface area contributed by atoms with Crippen LogP contribution in [0.4, 0.5) is 0 Å². The van der Waals surface area contributed by atoms with Crippen LogP contribution < -0.4 is 0 Å². The second-order valence-electron chi connectivity index (χ2n) is 9.14. The van der Waals surface area contributed by atoms with Crippen molar-refractivity contribution in [2.45, 2.75) is 141 Å². The molecule has 0 bridgehead atoms. The quantitative estimate of drug-likeness (QED) is 0.0625. The molecule has 0 rings (SSSR count). The van der Waals surface area contributed by atoms with Crippen molar-refractivity contribution in [3.05, 3.63) is 0 Å². The Kier molecular flexibility index (Phi) is 23.8. The molecule has 0 aliphatic rings. The van der Waals surface area contributed by atoms with Gasteiger partial charge in [-0.3, -0.25) is 4.57 Å². The first kappa shape index (κ1) is 30.5. The molecule has 5 nitrogen and oxygen atoms in total. The fraction of sp³-hybridized carbons (Fsp3) is 0.960. The average Bonchev–Trinajstić information content (AvgIpc) is 2.73. The first-order chi connectivity index (χ1) is 15.1. The van der Waals surface area contributed by atoms with E-state index in [0.29, 0.717) is 13.0 Å². The van der Waals surface area contributed by atoms with Crippen LogP contribution in [0.5, 0.6) is 0 Å². The minimum Gasteiger partial charge on any atom is -0.324 e. The molecule has 0 heterocycles. The zero-order valence-corrected chi connectivity index (χ0v) is 21.0. The number of carbonyl (C=O) groups excluding carboxylic acids is 1. The van der Waals surface area contributed by atoms with Gasteiger partial charge >= 0.3 is 7.60 Å². The van der Waals surface area contributed by atoms with Crippen molar-refractivity contribution in [3.63, 3.8) is 0 Å². The number of hydrogen-bond acceptors (Lipinski definition) is 3. The summed E-state index contributed by atoms with van der Waals surface area (Å²) in [4.78, 5) is 31.1. The number of unbranched alkanes of at least 4 members (excludes halogenated alkanes) is 21. The van der Waals surface area contributed by atoms with Gasteiger partial charge in [0, 0.05) is 6.16 Å². The van der Waals surface area contributed by atoms with E-state index < -0.39 is 7.60 Å². The van der Waals surface area contributed by atoms with Crippen LogP contribution in [0.1, 0.15) is 141 Å². The van der Waals surface area contributed by atoms with Crippen LogP contribution >= 0.6 is 7.60 Å².